The third-order valence-electron chi connectivity index (χ3n) is 4.28. The van der Waals surface area contributed by atoms with Crippen LogP contribution in [-0.2, 0) is 11.2 Å². The summed E-state index contributed by atoms with van der Waals surface area (Å²) in [5.41, 5.74) is 2.67. The van der Waals surface area contributed by atoms with Crippen molar-refractivity contribution in [3.05, 3.63) is 29.3 Å². The highest BCUT2D eigenvalue weighted by atomic mass is 16.5. The first-order chi connectivity index (χ1) is 10.0. The van der Waals surface area contributed by atoms with E-state index in [-0.39, 0.29) is 6.42 Å². The number of hydrogen-bond acceptors (Lipinski definition) is 3. The van der Waals surface area contributed by atoms with Gasteiger partial charge in [-0.05, 0) is 56.4 Å². The molecule has 0 saturated carbocycles. The Kier molecular flexibility index (Phi) is 5.23. The van der Waals surface area contributed by atoms with Gasteiger partial charge in [0.05, 0.1) is 13.5 Å². The predicted molar refractivity (Wildman–Crippen MR) is 82.8 cm³/mol. The fraction of sp³-hybridized carbons (Fsp3) is 0.588. The van der Waals surface area contributed by atoms with E-state index in [1.165, 1.54) is 11.1 Å². The molecule has 116 valence electrons. The van der Waals surface area contributed by atoms with Gasteiger partial charge in [0.15, 0.2) is 0 Å². The van der Waals surface area contributed by atoms with Gasteiger partial charge >= 0.3 is 5.97 Å². The van der Waals surface area contributed by atoms with Gasteiger partial charge in [-0.25, -0.2) is 0 Å². The summed E-state index contributed by atoms with van der Waals surface area (Å²) >= 11 is 0. The molecular weight excluding hydrogens is 266 g/mol. The van der Waals surface area contributed by atoms with Crippen molar-refractivity contribution in [2.45, 2.75) is 51.6 Å². The number of nitrogens with zero attached hydrogens (tertiary/aromatic N) is 1. The number of benzene rings is 1. The molecule has 0 saturated heterocycles. The predicted octanol–water partition coefficient (Wildman–Crippen LogP) is 3.26. The quantitative estimate of drug-likeness (QED) is 0.874. The maximum Gasteiger partial charge on any atom is 0.304 e. The normalized spacial score (nSPS) is 17.9. The van der Waals surface area contributed by atoms with Crippen molar-refractivity contribution in [1.82, 2.24) is 4.90 Å². The molecule has 1 aromatic rings. The summed E-state index contributed by atoms with van der Waals surface area (Å²) in [6.45, 7) is 4.88. The first-order valence-corrected chi connectivity index (χ1v) is 7.67. The molecule has 1 aliphatic rings. The summed E-state index contributed by atoms with van der Waals surface area (Å²) in [5.74, 6) is 0.169. The van der Waals surface area contributed by atoms with Crippen molar-refractivity contribution in [2.24, 2.45) is 0 Å². The molecule has 0 aliphatic heterocycles. The average molecular weight is 291 g/mol. The number of aryl methyl sites for hydroxylation is 1. The lowest BCUT2D eigenvalue weighted by Crippen LogP contribution is -2.38. The average Bonchev–Trinajstić information content (AvgIpc) is 2.46. The maximum atomic E-state index is 10.9. The van der Waals surface area contributed by atoms with E-state index in [0.717, 1.165) is 25.0 Å². The highest BCUT2D eigenvalue weighted by Gasteiger charge is 2.28. The summed E-state index contributed by atoms with van der Waals surface area (Å²) in [7, 11) is 1.69. The standard InChI is InChI=1S/C17H25NO3/c1-12(2)18(10-9-17(19)20)16-6-4-5-13-11-14(21-3)7-8-15(13)16/h7-8,11-12,16H,4-6,9-10H2,1-3H3,(H,19,20). The van der Waals surface area contributed by atoms with E-state index in [0.29, 0.717) is 18.6 Å². The van der Waals surface area contributed by atoms with E-state index < -0.39 is 5.97 Å². The minimum Gasteiger partial charge on any atom is -0.497 e. The van der Waals surface area contributed by atoms with Crippen LogP contribution in [0.2, 0.25) is 0 Å². The monoisotopic (exact) mass is 291 g/mol. The number of hydrogen-bond donors (Lipinski definition) is 1. The molecule has 0 radical (unpaired) electrons. The second-order valence-electron chi connectivity index (χ2n) is 5.95. The fourth-order valence-electron chi connectivity index (χ4n) is 3.24. The molecule has 0 spiro atoms. The molecule has 2 rings (SSSR count). The summed E-state index contributed by atoms with van der Waals surface area (Å²) in [6.07, 6.45) is 3.51. The van der Waals surface area contributed by atoms with Gasteiger partial charge in [0, 0.05) is 18.6 Å². The SMILES string of the molecule is COc1ccc2c(c1)CCCC2N(CCC(=O)O)C(C)C. The second-order valence-corrected chi connectivity index (χ2v) is 5.95. The van der Waals surface area contributed by atoms with E-state index in [1.807, 2.05) is 6.07 Å². The smallest absolute Gasteiger partial charge is 0.304 e. The summed E-state index contributed by atoms with van der Waals surface area (Å²) in [6, 6.07) is 6.93. The topological polar surface area (TPSA) is 49.8 Å². The fourth-order valence-corrected chi connectivity index (χ4v) is 3.24. The van der Waals surface area contributed by atoms with Crippen LogP contribution in [0.5, 0.6) is 5.75 Å². The zero-order valence-corrected chi connectivity index (χ0v) is 13.1. The molecule has 1 N–H and O–H groups in total. The number of carboxylic acids is 1. The molecule has 4 nitrogen and oxygen atoms in total. The lowest BCUT2D eigenvalue weighted by atomic mass is 9.86. The first-order valence-electron chi connectivity index (χ1n) is 7.67. The summed E-state index contributed by atoms with van der Waals surface area (Å²) < 4.78 is 5.31. The molecule has 0 fully saturated rings. The van der Waals surface area contributed by atoms with Crippen molar-refractivity contribution < 1.29 is 14.6 Å². The van der Waals surface area contributed by atoms with E-state index in [1.54, 1.807) is 7.11 Å². The third-order valence-corrected chi connectivity index (χ3v) is 4.28. The van der Waals surface area contributed by atoms with Gasteiger partial charge in [-0.2, -0.15) is 0 Å². The zero-order chi connectivity index (χ0) is 15.4. The van der Waals surface area contributed by atoms with E-state index in [9.17, 15) is 4.79 Å². The molecular formula is C17H25NO3. The van der Waals surface area contributed by atoms with Crippen LogP contribution in [0, 0.1) is 0 Å². The summed E-state index contributed by atoms with van der Waals surface area (Å²) in [4.78, 5) is 13.2. The van der Waals surface area contributed by atoms with Crippen LogP contribution in [0.3, 0.4) is 0 Å². The van der Waals surface area contributed by atoms with Gasteiger partial charge < -0.3 is 9.84 Å². The zero-order valence-electron chi connectivity index (χ0n) is 13.1. The van der Waals surface area contributed by atoms with E-state index >= 15 is 0 Å². The lowest BCUT2D eigenvalue weighted by Gasteiger charge is -2.38. The number of carbonyl (C=O) groups is 1. The van der Waals surface area contributed by atoms with Crippen LogP contribution in [0.15, 0.2) is 18.2 Å². The van der Waals surface area contributed by atoms with Gasteiger partial charge in [0.1, 0.15) is 5.75 Å². The van der Waals surface area contributed by atoms with Crippen molar-refractivity contribution in [3.63, 3.8) is 0 Å². The molecule has 21 heavy (non-hydrogen) atoms. The van der Waals surface area contributed by atoms with Crippen molar-refractivity contribution in [3.8, 4) is 5.75 Å². The van der Waals surface area contributed by atoms with E-state index in [4.69, 9.17) is 9.84 Å². The van der Waals surface area contributed by atoms with Crippen molar-refractivity contribution in [1.29, 1.82) is 0 Å². The Morgan fingerprint density at radius 2 is 2.24 bits per heavy atom. The van der Waals surface area contributed by atoms with Gasteiger partial charge in [-0.3, -0.25) is 9.69 Å². The van der Waals surface area contributed by atoms with Crippen LogP contribution < -0.4 is 4.74 Å². The van der Waals surface area contributed by atoms with Gasteiger partial charge in [0.25, 0.3) is 0 Å². The van der Waals surface area contributed by atoms with Crippen LogP contribution >= 0.6 is 0 Å². The Labute approximate surface area is 126 Å². The minimum absolute atomic E-state index is 0.195. The summed E-state index contributed by atoms with van der Waals surface area (Å²) in [5, 5.41) is 8.96. The Hall–Kier alpha value is -1.55. The van der Waals surface area contributed by atoms with Crippen LogP contribution in [0.25, 0.3) is 0 Å². The van der Waals surface area contributed by atoms with Crippen LogP contribution in [-0.4, -0.2) is 35.7 Å². The molecule has 1 atom stereocenters. The number of fused-ring (bicyclic) bond motifs is 1. The third kappa shape index (κ3) is 3.76. The second kappa shape index (κ2) is 6.94. The molecule has 0 aromatic heterocycles. The highest BCUT2D eigenvalue weighted by Crippen LogP contribution is 2.37. The number of methoxy groups -OCH3 is 1. The van der Waals surface area contributed by atoms with Crippen LogP contribution in [0.4, 0.5) is 0 Å². The molecule has 1 unspecified atom stereocenters. The van der Waals surface area contributed by atoms with E-state index in [2.05, 4.69) is 30.9 Å². The molecule has 1 aliphatic carbocycles. The number of carboxylic acid groups (broad SMARTS) is 1. The molecule has 4 heteroatoms. The molecule has 0 heterocycles. The molecule has 0 bridgehead atoms. The number of aliphatic carboxylic acids is 1. The Morgan fingerprint density at radius 1 is 1.48 bits per heavy atom. The Morgan fingerprint density at radius 3 is 2.86 bits per heavy atom. The largest absolute Gasteiger partial charge is 0.497 e. The molecule has 1 aromatic carbocycles. The van der Waals surface area contributed by atoms with Crippen molar-refractivity contribution in [2.75, 3.05) is 13.7 Å². The highest BCUT2D eigenvalue weighted by molar-refractivity contribution is 5.66. The molecule has 0 amide bonds. The Bertz CT molecular complexity index is 499. The van der Waals surface area contributed by atoms with Crippen molar-refractivity contribution >= 4 is 5.97 Å². The van der Waals surface area contributed by atoms with Gasteiger partial charge in [0.2, 0.25) is 0 Å². The first kappa shape index (κ1) is 15.8. The lowest BCUT2D eigenvalue weighted by molar-refractivity contribution is -0.137. The minimum atomic E-state index is -0.730. The van der Waals surface area contributed by atoms with Crippen LogP contribution in [0.1, 0.15) is 50.3 Å². The maximum absolute atomic E-state index is 10.9. The number of ether oxygens (including phenoxy) is 1. The van der Waals surface area contributed by atoms with Gasteiger partial charge in [-0.1, -0.05) is 6.07 Å². The Balaban J connectivity index is 2.25. The number of rotatable bonds is 6. The van der Waals surface area contributed by atoms with Gasteiger partial charge in [-0.15, -0.1) is 0 Å².